The number of anilines is 1. The largest absolute Gasteiger partial charge is 0.481 e. The number of nitrogens with one attached hydrogen (secondary N) is 1. The molecule has 0 aromatic heterocycles. The molecule has 1 aromatic carbocycles. The van der Waals surface area contributed by atoms with Crippen LogP contribution in [0, 0.1) is 22.0 Å². The number of carbonyl (C=O) groups is 2. The fourth-order valence-corrected chi connectivity index (χ4v) is 3.88. The predicted octanol–water partition coefficient (Wildman–Crippen LogP) is 1.73. The molecule has 0 saturated carbocycles. The average Bonchev–Trinajstić information content (AvgIpc) is 3.16. The Labute approximate surface area is 156 Å². The number of carbonyl (C=O) groups excluding carboxylic acids is 1. The monoisotopic (exact) mass is 377 g/mol. The van der Waals surface area contributed by atoms with Gasteiger partial charge in [0, 0.05) is 25.8 Å². The van der Waals surface area contributed by atoms with E-state index in [1.165, 1.54) is 6.07 Å². The number of piperidine rings is 1. The van der Waals surface area contributed by atoms with Crippen LogP contribution >= 0.6 is 0 Å². The van der Waals surface area contributed by atoms with Crippen molar-refractivity contribution in [3.63, 3.8) is 0 Å². The van der Waals surface area contributed by atoms with Gasteiger partial charge in [-0.25, -0.2) is 0 Å². The van der Waals surface area contributed by atoms with Gasteiger partial charge in [-0.15, -0.1) is 0 Å². The van der Waals surface area contributed by atoms with Crippen LogP contribution in [0.15, 0.2) is 24.3 Å². The van der Waals surface area contributed by atoms with Crippen molar-refractivity contribution in [1.82, 2.24) is 4.90 Å². The molecule has 2 atom stereocenters. The first kappa shape index (κ1) is 19.1. The minimum Gasteiger partial charge on any atom is -0.481 e. The molecule has 27 heavy (non-hydrogen) atoms. The van der Waals surface area contributed by atoms with Crippen molar-refractivity contribution < 1.29 is 24.4 Å². The van der Waals surface area contributed by atoms with Crippen molar-refractivity contribution in [2.24, 2.45) is 11.8 Å². The lowest BCUT2D eigenvalue weighted by Gasteiger charge is -2.35. The molecule has 0 aliphatic carbocycles. The van der Waals surface area contributed by atoms with E-state index in [4.69, 9.17) is 4.74 Å². The van der Waals surface area contributed by atoms with Gasteiger partial charge in [0.1, 0.15) is 5.69 Å². The summed E-state index contributed by atoms with van der Waals surface area (Å²) in [6, 6.07) is 6.21. The minimum atomic E-state index is -0.815. The maximum absolute atomic E-state index is 12.4. The first-order chi connectivity index (χ1) is 13.0. The van der Waals surface area contributed by atoms with E-state index in [1.807, 2.05) is 0 Å². The number of para-hydroxylation sites is 2. The summed E-state index contributed by atoms with van der Waals surface area (Å²) in [6.07, 6.45) is 1.67. The Morgan fingerprint density at radius 2 is 1.96 bits per heavy atom. The second-order valence-electron chi connectivity index (χ2n) is 6.91. The number of nitro groups is 1. The summed E-state index contributed by atoms with van der Waals surface area (Å²) in [5.74, 6) is -1.27. The minimum absolute atomic E-state index is 0.0206. The molecule has 0 spiro atoms. The van der Waals surface area contributed by atoms with E-state index < -0.39 is 16.8 Å². The summed E-state index contributed by atoms with van der Waals surface area (Å²) >= 11 is 0. The van der Waals surface area contributed by atoms with Crippen molar-refractivity contribution in [2.45, 2.75) is 25.4 Å². The molecule has 2 heterocycles. The van der Waals surface area contributed by atoms with Gasteiger partial charge in [-0.3, -0.25) is 19.7 Å². The van der Waals surface area contributed by atoms with Crippen molar-refractivity contribution >= 4 is 23.3 Å². The number of carboxylic acids is 1. The van der Waals surface area contributed by atoms with Crippen molar-refractivity contribution in [3.8, 4) is 0 Å². The highest BCUT2D eigenvalue weighted by atomic mass is 16.6. The number of likely N-dealkylation sites (tertiary alicyclic amines) is 1. The molecule has 2 N–H and O–H groups in total. The summed E-state index contributed by atoms with van der Waals surface area (Å²) in [6.45, 7) is 1.52. The number of hydrogen-bond acceptors (Lipinski definition) is 6. The van der Waals surface area contributed by atoms with Crippen LogP contribution in [-0.2, 0) is 14.3 Å². The van der Waals surface area contributed by atoms with Gasteiger partial charge in [0.05, 0.1) is 23.5 Å². The zero-order chi connectivity index (χ0) is 19.4. The normalized spacial score (nSPS) is 23.2. The fourth-order valence-electron chi connectivity index (χ4n) is 3.88. The third kappa shape index (κ3) is 4.36. The van der Waals surface area contributed by atoms with E-state index in [-0.39, 0.29) is 30.2 Å². The Balaban J connectivity index is 1.51. The number of carboxylic acid groups (broad SMARTS) is 1. The Morgan fingerprint density at radius 1 is 1.26 bits per heavy atom. The number of benzene rings is 1. The molecule has 0 radical (unpaired) electrons. The summed E-state index contributed by atoms with van der Waals surface area (Å²) < 4.78 is 5.64. The zero-order valence-corrected chi connectivity index (χ0v) is 14.9. The molecule has 1 amide bonds. The quantitative estimate of drug-likeness (QED) is 0.572. The second-order valence-corrected chi connectivity index (χ2v) is 6.91. The number of nitro benzene ring substituents is 1. The molecule has 2 aliphatic rings. The van der Waals surface area contributed by atoms with Crippen LogP contribution in [0.4, 0.5) is 11.4 Å². The summed E-state index contributed by atoms with van der Waals surface area (Å²) in [5.41, 5.74) is 0.247. The van der Waals surface area contributed by atoms with Gasteiger partial charge in [0.25, 0.3) is 5.69 Å². The van der Waals surface area contributed by atoms with Crippen molar-refractivity contribution in [1.29, 1.82) is 0 Å². The van der Waals surface area contributed by atoms with Crippen LogP contribution in [0.25, 0.3) is 0 Å². The highest BCUT2D eigenvalue weighted by Gasteiger charge is 2.40. The molecule has 9 heteroatoms. The molecule has 2 fully saturated rings. The molecule has 146 valence electrons. The highest BCUT2D eigenvalue weighted by Crippen LogP contribution is 2.33. The van der Waals surface area contributed by atoms with Crippen LogP contribution in [-0.4, -0.2) is 59.2 Å². The van der Waals surface area contributed by atoms with Gasteiger partial charge in [-0.1, -0.05) is 12.1 Å². The molecular formula is C18H23N3O6. The van der Waals surface area contributed by atoms with Gasteiger partial charge in [0.15, 0.2) is 0 Å². The first-order valence-electron chi connectivity index (χ1n) is 9.07. The smallest absolute Gasteiger partial charge is 0.309 e. The van der Waals surface area contributed by atoms with Gasteiger partial charge in [0.2, 0.25) is 5.91 Å². The fraction of sp³-hybridized carbons (Fsp3) is 0.556. The predicted molar refractivity (Wildman–Crippen MR) is 96.4 cm³/mol. The average molecular weight is 377 g/mol. The highest BCUT2D eigenvalue weighted by molar-refractivity contribution is 5.82. The van der Waals surface area contributed by atoms with E-state index in [1.54, 1.807) is 23.1 Å². The van der Waals surface area contributed by atoms with E-state index in [9.17, 15) is 24.8 Å². The van der Waals surface area contributed by atoms with Gasteiger partial charge in [-0.05, 0) is 31.2 Å². The standard InChI is InChI=1S/C18H23N3O6/c22-16(11-19-14-3-1-2-4-15(14)21(25)26)20-8-5-12(6-9-20)17-13(18(23)24)7-10-27-17/h1-4,12-13,17,19H,5-11H2,(H,23,24)/t13?,17-/m0/s1. The number of aliphatic carboxylic acids is 1. The lowest BCUT2D eigenvalue weighted by molar-refractivity contribution is -0.383. The van der Waals surface area contributed by atoms with E-state index in [2.05, 4.69) is 5.32 Å². The molecule has 1 aromatic rings. The van der Waals surface area contributed by atoms with Crippen LogP contribution in [0.3, 0.4) is 0 Å². The number of rotatable bonds is 6. The Bertz CT molecular complexity index is 717. The van der Waals surface area contributed by atoms with Crippen molar-refractivity contribution in [3.05, 3.63) is 34.4 Å². The van der Waals surface area contributed by atoms with Crippen LogP contribution in [0.1, 0.15) is 19.3 Å². The topological polar surface area (TPSA) is 122 Å². The molecule has 3 rings (SSSR count). The Morgan fingerprint density at radius 3 is 2.63 bits per heavy atom. The number of ether oxygens (including phenoxy) is 1. The third-order valence-electron chi connectivity index (χ3n) is 5.34. The van der Waals surface area contributed by atoms with E-state index in [0.717, 1.165) is 0 Å². The SMILES string of the molecule is O=C(O)C1CCO[C@H]1C1CCN(C(=O)CNc2ccccc2[N+](=O)[O-])CC1. The van der Waals surface area contributed by atoms with E-state index >= 15 is 0 Å². The number of nitrogens with zero attached hydrogens (tertiary/aromatic N) is 2. The maximum Gasteiger partial charge on any atom is 0.309 e. The Kier molecular flexibility index (Phi) is 5.90. The van der Waals surface area contributed by atoms with E-state index in [0.29, 0.717) is 44.6 Å². The maximum atomic E-state index is 12.4. The van der Waals surface area contributed by atoms with Gasteiger partial charge in [-0.2, -0.15) is 0 Å². The lowest BCUT2D eigenvalue weighted by Crippen LogP contribution is -2.45. The van der Waals surface area contributed by atoms with Crippen molar-refractivity contribution in [2.75, 3.05) is 31.6 Å². The second kappa shape index (κ2) is 8.34. The molecule has 2 aliphatic heterocycles. The third-order valence-corrected chi connectivity index (χ3v) is 5.34. The lowest BCUT2D eigenvalue weighted by atomic mass is 9.84. The van der Waals surface area contributed by atoms with Gasteiger partial charge >= 0.3 is 5.97 Å². The molecule has 9 nitrogen and oxygen atoms in total. The number of hydrogen-bond donors (Lipinski definition) is 2. The van der Waals surface area contributed by atoms with Gasteiger partial charge < -0.3 is 20.1 Å². The van der Waals surface area contributed by atoms with Crippen LogP contribution in [0.2, 0.25) is 0 Å². The molecule has 1 unspecified atom stereocenters. The summed E-state index contributed by atoms with van der Waals surface area (Å²) in [7, 11) is 0. The Hall–Kier alpha value is -2.68. The summed E-state index contributed by atoms with van der Waals surface area (Å²) in [4.78, 5) is 36.0. The first-order valence-corrected chi connectivity index (χ1v) is 9.07. The summed E-state index contributed by atoms with van der Waals surface area (Å²) in [5, 5.41) is 23.2. The number of amides is 1. The zero-order valence-electron chi connectivity index (χ0n) is 14.9. The molecule has 2 saturated heterocycles. The van der Waals surface area contributed by atoms with Crippen LogP contribution < -0.4 is 5.32 Å². The molecular weight excluding hydrogens is 354 g/mol. The molecule has 0 bridgehead atoms. The van der Waals surface area contributed by atoms with Crippen LogP contribution in [0.5, 0.6) is 0 Å².